The minimum absolute atomic E-state index is 0.0737. The van der Waals surface area contributed by atoms with E-state index in [0.717, 1.165) is 51.4 Å². The second-order valence-electron chi connectivity index (χ2n) is 10.5. The highest BCUT2D eigenvalue weighted by molar-refractivity contribution is 7.88. The lowest BCUT2D eigenvalue weighted by atomic mass is 9.82. The highest BCUT2D eigenvalue weighted by Gasteiger charge is 2.58. The molecule has 0 rings (SSSR count). The Morgan fingerprint density at radius 2 is 0.944 bits per heavy atom. The molecule has 0 bridgehead atoms. The van der Waals surface area contributed by atoms with Gasteiger partial charge in [-0.05, 0) is 12.8 Å². The monoisotopic (exact) mass is 534 g/mol. The van der Waals surface area contributed by atoms with Gasteiger partial charge in [0.1, 0.15) is 0 Å². The third kappa shape index (κ3) is 14.0. The van der Waals surface area contributed by atoms with Crippen molar-refractivity contribution in [3.05, 3.63) is 0 Å². The maximum atomic E-state index is 12.3. The van der Waals surface area contributed by atoms with E-state index in [1.165, 1.54) is 57.8 Å². The van der Waals surface area contributed by atoms with Crippen LogP contribution in [0.3, 0.4) is 0 Å². The van der Waals surface area contributed by atoms with Gasteiger partial charge >= 0.3 is 11.9 Å². The average Bonchev–Trinajstić information content (AvgIpc) is 2.80. The van der Waals surface area contributed by atoms with Crippen LogP contribution in [0.5, 0.6) is 0 Å². The van der Waals surface area contributed by atoms with Crippen LogP contribution in [0.25, 0.3) is 0 Å². The lowest BCUT2D eigenvalue weighted by molar-refractivity contribution is -0.152. The number of hydrogen-bond donors (Lipinski definition) is 3. The smallest absolute Gasteiger partial charge is 0.328 e. The van der Waals surface area contributed by atoms with Gasteiger partial charge < -0.3 is 10.2 Å². The van der Waals surface area contributed by atoms with E-state index in [-0.39, 0.29) is 19.3 Å². The van der Waals surface area contributed by atoms with E-state index in [1.54, 1.807) is 0 Å². The molecule has 0 aliphatic carbocycles. The van der Waals surface area contributed by atoms with Gasteiger partial charge in [-0.15, -0.1) is 0 Å². The molecule has 0 heterocycles. The van der Waals surface area contributed by atoms with E-state index in [9.17, 15) is 32.8 Å². The molecule has 2 atom stereocenters. The van der Waals surface area contributed by atoms with Gasteiger partial charge in [0.25, 0.3) is 10.1 Å². The molecule has 3 N–H and O–H groups in total. The molecular weight excluding hydrogens is 480 g/mol. The Bertz CT molecular complexity index is 677. The first-order valence-corrected chi connectivity index (χ1v) is 16.0. The quantitative estimate of drug-likeness (QED) is 0.0756. The lowest BCUT2D eigenvalue weighted by Crippen LogP contribution is -2.55. The second kappa shape index (κ2) is 20.9. The van der Waals surface area contributed by atoms with E-state index in [2.05, 4.69) is 13.8 Å². The second-order valence-corrected chi connectivity index (χ2v) is 12.1. The molecule has 214 valence electrons. The standard InChI is InChI=1S/C28H54O7S/c1-3-5-7-9-11-13-15-17-19-21-23-25(26(29)30)28(27(31)32,36(33,34)35)24-22-20-18-16-14-12-10-8-6-4-2/h25H,3-24H2,1-2H3,(H,29,30)(H,31,32)(H,33,34,35). The Kier molecular flexibility index (Phi) is 20.2. The van der Waals surface area contributed by atoms with Crippen molar-refractivity contribution in [2.75, 3.05) is 0 Å². The van der Waals surface area contributed by atoms with Gasteiger partial charge in [0.2, 0.25) is 4.75 Å². The fourth-order valence-corrected chi connectivity index (χ4v) is 6.32. The van der Waals surface area contributed by atoms with Gasteiger partial charge in [0, 0.05) is 0 Å². The topological polar surface area (TPSA) is 129 Å². The van der Waals surface area contributed by atoms with Crippen molar-refractivity contribution in [3.63, 3.8) is 0 Å². The SMILES string of the molecule is CCCCCCCCCCCCC(C(=O)O)C(CCCCCCCCCCCC)(C(=O)O)S(=O)(=O)O. The summed E-state index contributed by atoms with van der Waals surface area (Å²) in [6.07, 6.45) is 19.7. The minimum Gasteiger partial charge on any atom is -0.481 e. The number of aliphatic carboxylic acids is 2. The van der Waals surface area contributed by atoms with Crippen LogP contribution in [0.4, 0.5) is 0 Å². The molecule has 2 unspecified atom stereocenters. The van der Waals surface area contributed by atoms with E-state index < -0.39 is 32.7 Å². The van der Waals surface area contributed by atoms with Gasteiger partial charge in [-0.3, -0.25) is 14.1 Å². The molecule has 0 aromatic heterocycles. The molecule has 0 radical (unpaired) electrons. The largest absolute Gasteiger partial charge is 0.481 e. The summed E-state index contributed by atoms with van der Waals surface area (Å²) in [5.74, 6) is -4.91. The van der Waals surface area contributed by atoms with Crippen LogP contribution in [-0.2, 0) is 19.7 Å². The lowest BCUT2D eigenvalue weighted by Gasteiger charge is -2.32. The van der Waals surface area contributed by atoms with Crippen LogP contribution >= 0.6 is 0 Å². The summed E-state index contributed by atoms with van der Waals surface area (Å²) in [7, 11) is -5.12. The summed E-state index contributed by atoms with van der Waals surface area (Å²) in [4.78, 5) is 24.2. The summed E-state index contributed by atoms with van der Waals surface area (Å²) in [5, 5.41) is 19.7. The van der Waals surface area contributed by atoms with Crippen LogP contribution in [0.2, 0.25) is 0 Å². The number of unbranched alkanes of at least 4 members (excludes halogenated alkanes) is 18. The Balaban J connectivity index is 4.75. The highest BCUT2D eigenvalue weighted by atomic mass is 32.2. The molecule has 0 amide bonds. The van der Waals surface area contributed by atoms with Crippen LogP contribution in [-0.4, -0.2) is 39.9 Å². The molecule has 0 saturated heterocycles. The Morgan fingerprint density at radius 3 is 1.25 bits per heavy atom. The molecule has 8 heteroatoms. The molecule has 0 saturated carbocycles. The summed E-state index contributed by atoms with van der Waals surface area (Å²) < 4.78 is 31.9. The number of carbonyl (C=O) groups is 2. The molecule has 0 aliphatic rings. The Morgan fingerprint density at radius 1 is 0.611 bits per heavy atom. The third-order valence-electron chi connectivity index (χ3n) is 7.43. The summed E-state index contributed by atoms with van der Waals surface area (Å²) in [5.41, 5.74) is 0. The fourth-order valence-electron chi connectivity index (χ4n) is 5.12. The van der Waals surface area contributed by atoms with Crippen LogP contribution < -0.4 is 0 Å². The first-order chi connectivity index (χ1) is 17.1. The van der Waals surface area contributed by atoms with Crippen LogP contribution in [0.1, 0.15) is 155 Å². The minimum atomic E-state index is -5.12. The van der Waals surface area contributed by atoms with E-state index >= 15 is 0 Å². The summed E-state index contributed by atoms with van der Waals surface area (Å²) in [6, 6.07) is 0. The molecule has 0 fully saturated rings. The van der Waals surface area contributed by atoms with Crippen molar-refractivity contribution in [1.29, 1.82) is 0 Å². The highest BCUT2D eigenvalue weighted by Crippen LogP contribution is 2.37. The van der Waals surface area contributed by atoms with Crippen molar-refractivity contribution in [3.8, 4) is 0 Å². The van der Waals surface area contributed by atoms with E-state index in [0.29, 0.717) is 12.8 Å². The zero-order valence-electron chi connectivity index (χ0n) is 23.0. The Hall–Kier alpha value is -1.15. The predicted molar refractivity (Wildman–Crippen MR) is 146 cm³/mol. The van der Waals surface area contributed by atoms with E-state index in [1.807, 2.05) is 0 Å². The maximum Gasteiger partial charge on any atom is 0.328 e. The van der Waals surface area contributed by atoms with Crippen molar-refractivity contribution in [2.45, 2.75) is 160 Å². The number of carboxylic acids is 2. The Labute approximate surface area is 220 Å². The maximum absolute atomic E-state index is 12.3. The van der Waals surface area contributed by atoms with E-state index in [4.69, 9.17) is 0 Å². The van der Waals surface area contributed by atoms with Crippen molar-refractivity contribution >= 4 is 22.1 Å². The molecule has 0 aromatic rings. The van der Waals surface area contributed by atoms with Gasteiger partial charge in [-0.1, -0.05) is 142 Å². The third-order valence-corrected chi connectivity index (χ3v) is 9.02. The zero-order chi connectivity index (χ0) is 27.3. The van der Waals surface area contributed by atoms with Gasteiger partial charge in [-0.2, -0.15) is 8.42 Å². The van der Waals surface area contributed by atoms with Crippen LogP contribution in [0, 0.1) is 5.92 Å². The molecule has 0 spiro atoms. The molecule has 36 heavy (non-hydrogen) atoms. The number of carboxylic acid groups (broad SMARTS) is 2. The first-order valence-electron chi connectivity index (χ1n) is 14.6. The van der Waals surface area contributed by atoms with Crippen molar-refractivity contribution < 1.29 is 32.8 Å². The predicted octanol–water partition coefficient (Wildman–Crippen LogP) is 8.02. The fraction of sp³-hybridized carbons (Fsp3) is 0.929. The molecule has 0 aliphatic heterocycles. The van der Waals surface area contributed by atoms with Crippen LogP contribution in [0.15, 0.2) is 0 Å². The van der Waals surface area contributed by atoms with Gasteiger partial charge in [0.05, 0.1) is 5.92 Å². The molecule has 0 aromatic carbocycles. The summed E-state index contributed by atoms with van der Waals surface area (Å²) >= 11 is 0. The van der Waals surface area contributed by atoms with Crippen molar-refractivity contribution in [1.82, 2.24) is 0 Å². The normalized spacial score (nSPS) is 14.4. The zero-order valence-corrected chi connectivity index (χ0v) is 23.8. The first kappa shape index (κ1) is 34.9. The molecule has 7 nitrogen and oxygen atoms in total. The summed E-state index contributed by atoms with van der Waals surface area (Å²) in [6.45, 7) is 4.36. The van der Waals surface area contributed by atoms with Gasteiger partial charge in [0.15, 0.2) is 0 Å². The number of rotatable bonds is 26. The van der Waals surface area contributed by atoms with Gasteiger partial charge in [-0.25, -0.2) is 0 Å². The van der Waals surface area contributed by atoms with Crippen molar-refractivity contribution in [2.24, 2.45) is 5.92 Å². The number of hydrogen-bond acceptors (Lipinski definition) is 4. The molecular formula is C28H54O7S. The average molecular weight is 535 g/mol.